The maximum atomic E-state index is 11.4. The second-order valence-electron chi connectivity index (χ2n) is 6.97. The molecule has 6 nitrogen and oxygen atoms in total. The number of nitrogens with zero attached hydrogens (tertiary/aromatic N) is 3. The molecule has 0 radical (unpaired) electrons. The van der Waals surface area contributed by atoms with Gasteiger partial charge in [-0.3, -0.25) is 4.79 Å². The molecular formula is C18H26N5O+. The summed E-state index contributed by atoms with van der Waals surface area (Å²) in [6.45, 7) is 3.87. The largest absolute Gasteiger partial charge is 0.385 e. The second-order valence-corrected chi connectivity index (χ2v) is 6.97. The predicted octanol–water partition coefficient (Wildman–Crippen LogP) is 2.11. The van der Waals surface area contributed by atoms with Gasteiger partial charge in [0.15, 0.2) is 11.7 Å². The summed E-state index contributed by atoms with van der Waals surface area (Å²) in [6, 6.07) is 7.83. The van der Waals surface area contributed by atoms with Crippen molar-refractivity contribution in [3.05, 3.63) is 35.9 Å². The van der Waals surface area contributed by atoms with Gasteiger partial charge in [-0.05, 0) is 42.8 Å². The lowest BCUT2D eigenvalue weighted by atomic mass is 10.1. The zero-order valence-corrected chi connectivity index (χ0v) is 14.8. The number of hydrogen-bond donors (Lipinski definition) is 2. The summed E-state index contributed by atoms with van der Waals surface area (Å²) in [5.41, 5.74) is 8.13. The van der Waals surface area contributed by atoms with Crippen molar-refractivity contribution < 1.29 is 9.28 Å². The molecule has 6 heteroatoms. The highest BCUT2D eigenvalue weighted by atomic mass is 16.1. The van der Waals surface area contributed by atoms with Crippen LogP contribution < -0.4 is 11.1 Å². The van der Waals surface area contributed by atoms with Crippen LogP contribution in [0.15, 0.2) is 45.9 Å². The van der Waals surface area contributed by atoms with Gasteiger partial charge in [-0.2, -0.15) is 0 Å². The van der Waals surface area contributed by atoms with Crippen molar-refractivity contribution in [2.45, 2.75) is 13.3 Å². The minimum Gasteiger partial charge on any atom is -0.385 e. The second kappa shape index (κ2) is 7.40. The lowest BCUT2D eigenvalue weighted by Crippen LogP contribution is -2.36. The highest BCUT2D eigenvalue weighted by molar-refractivity contribution is 6.47. The first-order valence-corrected chi connectivity index (χ1v) is 8.05. The molecule has 0 bridgehead atoms. The molecule has 3 N–H and O–H groups in total. The van der Waals surface area contributed by atoms with Crippen LogP contribution in [-0.4, -0.2) is 56.2 Å². The Morgan fingerprint density at radius 1 is 1.21 bits per heavy atom. The monoisotopic (exact) mass is 328 g/mol. The maximum Gasteiger partial charge on any atom is 0.220 e. The zero-order chi connectivity index (χ0) is 17.7. The third-order valence-corrected chi connectivity index (χ3v) is 3.62. The number of rotatable bonds is 6. The molecule has 0 saturated heterocycles. The molecule has 1 heterocycles. The predicted molar refractivity (Wildman–Crippen MR) is 99.9 cm³/mol. The summed E-state index contributed by atoms with van der Waals surface area (Å²) in [4.78, 5) is 19.9. The lowest BCUT2D eigenvalue weighted by molar-refractivity contribution is -0.870. The number of dihydropyridines is 1. The standard InChI is InChI=1S/C18H25N5O/c1-13-12-16(24)17(19)22-18(13)21-15-8-6-14(7-9-15)20-10-5-11-23(2,3)4/h6-9,12H,5,10-11H2,1-4H3,(H2-,19,20,21,22,24)/p+1. The van der Waals surface area contributed by atoms with Crippen LogP contribution >= 0.6 is 0 Å². The fourth-order valence-electron chi connectivity index (χ4n) is 2.27. The van der Waals surface area contributed by atoms with Crippen LogP contribution in [0.3, 0.4) is 0 Å². The smallest absolute Gasteiger partial charge is 0.220 e. The number of quaternary nitrogens is 1. The molecule has 0 aliphatic carbocycles. The van der Waals surface area contributed by atoms with Gasteiger partial charge in [0, 0.05) is 18.7 Å². The van der Waals surface area contributed by atoms with E-state index in [1.165, 1.54) is 6.08 Å². The van der Waals surface area contributed by atoms with Crippen molar-refractivity contribution in [2.24, 2.45) is 15.7 Å². The number of nitrogens with one attached hydrogen (secondary N) is 1. The highest BCUT2D eigenvalue weighted by Crippen LogP contribution is 2.19. The zero-order valence-electron chi connectivity index (χ0n) is 14.8. The number of anilines is 1. The molecule has 2 rings (SSSR count). The Hall–Kier alpha value is -2.47. The Labute approximate surface area is 143 Å². The Kier molecular flexibility index (Phi) is 5.51. The van der Waals surface area contributed by atoms with Gasteiger partial charge in [0.2, 0.25) is 5.78 Å². The van der Waals surface area contributed by atoms with E-state index >= 15 is 0 Å². The number of carbonyl (C=O) groups excluding carboxylic acids is 1. The van der Waals surface area contributed by atoms with Crippen molar-refractivity contribution in [3.63, 3.8) is 0 Å². The average molecular weight is 328 g/mol. The van der Waals surface area contributed by atoms with Gasteiger partial charge in [0.25, 0.3) is 0 Å². The molecule has 1 aliphatic rings. The minimum atomic E-state index is -0.264. The molecule has 0 aromatic heterocycles. The van der Waals surface area contributed by atoms with Crippen LogP contribution in [0.5, 0.6) is 0 Å². The SMILES string of the molecule is CC1=CC(=O)C(N)=NC1=Nc1ccc(NCCC[N+](C)(C)C)cc1. The number of benzene rings is 1. The molecule has 1 aliphatic heterocycles. The molecule has 128 valence electrons. The van der Waals surface area contributed by atoms with Crippen LogP contribution in [0.25, 0.3) is 0 Å². The third-order valence-electron chi connectivity index (χ3n) is 3.62. The van der Waals surface area contributed by atoms with Crippen molar-refractivity contribution in [2.75, 3.05) is 39.5 Å². The van der Waals surface area contributed by atoms with E-state index in [0.29, 0.717) is 5.84 Å². The van der Waals surface area contributed by atoms with Crippen molar-refractivity contribution in [3.8, 4) is 0 Å². The molecular weight excluding hydrogens is 302 g/mol. The Morgan fingerprint density at radius 2 is 1.88 bits per heavy atom. The maximum absolute atomic E-state index is 11.4. The summed E-state index contributed by atoms with van der Waals surface area (Å²) in [6.07, 6.45) is 2.57. The van der Waals surface area contributed by atoms with E-state index in [1.54, 1.807) is 6.92 Å². The van der Waals surface area contributed by atoms with E-state index < -0.39 is 0 Å². The third kappa shape index (κ3) is 5.31. The first-order chi connectivity index (χ1) is 11.2. The van der Waals surface area contributed by atoms with Gasteiger partial charge in [-0.15, -0.1) is 0 Å². The number of ketones is 1. The van der Waals surface area contributed by atoms with Crippen molar-refractivity contribution in [1.29, 1.82) is 0 Å². The van der Waals surface area contributed by atoms with E-state index in [4.69, 9.17) is 5.73 Å². The number of nitrogens with two attached hydrogens (primary N) is 1. The average Bonchev–Trinajstić information content (AvgIpc) is 2.50. The molecule has 0 unspecified atom stereocenters. The fraction of sp³-hybridized carbons (Fsp3) is 0.389. The van der Waals surface area contributed by atoms with Gasteiger partial charge >= 0.3 is 0 Å². The highest BCUT2D eigenvalue weighted by Gasteiger charge is 2.15. The van der Waals surface area contributed by atoms with Gasteiger partial charge in [-0.25, -0.2) is 9.98 Å². The number of amidine groups is 2. The molecule has 24 heavy (non-hydrogen) atoms. The van der Waals surface area contributed by atoms with Crippen LogP contribution in [0.2, 0.25) is 0 Å². The van der Waals surface area contributed by atoms with Crippen LogP contribution in [-0.2, 0) is 4.79 Å². The van der Waals surface area contributed by atoms with E-state index in [1.807, 2.05) is 24.3 Å². The summed E-state index contributed by atoms with van der Waals surface area (Å²) in [5, 5.41) is 3.41. The van der Waals surface area contributed by atoms with E-state index in [-0.39, 0.29) is 11.6 Å². The summed E-state index contributed by atoms with van der Waals surface area (Å²) < 4.78 is 0.969. The van der Waals surface area contributed by atoms with Crippen LogP contribution in [0.1, 0.15) is 13.3 Å². The number of aliphatic imine (C=N–C) groups is 2. The minimum absolute atomic E-state index is 0.0186. The number of hydrogen-bond acceptors (Lipinski definition) is 4. The van der Waals surface area contributed by atoms with Gasteiger partial charge in [-0.1, -0.05) is 0 Å². The normalized spacial score (nSPS) is 16.8. The molecule has 0 saturated carbocycles. The van der Waals surface area contributed by atoms with Crippen LogP contribution in [0.4, 0.5) is 11.4 Å². The van der Waals surface area contributed by atoms with Gasteiger partial charge in [0.1, 0.15) is 0 Å². The fourth-order valence-corrected chi connectivity index (χ4v) is 2.27. The summed E-state index contributed by atoms with van der Waals surface area (Å²) >= 11 is 0. The molecule has 0 atom stereocenters. The van der Waals surface area contributed by atoms with Crippen molar-refractivity contribution in [1.82, 2.24) is 0 Å². The Balaban J connectivity index is 1.96. The Morgan fingerprint density at radius 3 is 2.50 bits per heavy atom. The van der Waals surface area contributed by atoms with E-state index in [9.17, 15) is 4.79 Å². The summed E-state index contributed by atoms with van der Waals surface area (Å²) in [7, 11) is 6.58. The van der Waals surface area contributed by atoms with E-state index in [2.05, 4.69) is 36.4 Å². The van der Waals surface area contributed by atoms with E-state index in [0.717, 1.165) is 40.9 Å². The van der Waals surface area contributed by atoms with Crippen molar-refractivity contribution >= 4 is 28.8 Å². The number of carbonyl (C=O) groups is 1. The molecule has 1 aromatic carbocycles. The molecule has 1 aromatic rings. The molecule has 0 amide bonds. The summed E-state index contributed by atoms with van der Waals surface area (Å²) in [5.74, 6) is 0.200. The first-order valence-electron chi connectivity index (χ1n) is 8.05. The van der Waals surface area contributed by atoms with Crippen LogP contribution in [0, 0.1) is 0 Å². The lowest BCUT2D eigenvalue weighted by Gasteiger charge is -2.23. The first kappa shape index (κ1) is 17.9. The molecule has 0 spiro atoms. The quantitative estimate of drug-likeness (QED) is 0.620. The topological polar surface area (TPSA) is 79.8 Å². The van der Waals surface area contributed by atoms with Gasteiger partial charge < -0.3 is 15.5 Å². The Bertz CT molecular complexity index is 693. The molecule has 0 fully saturated rings. The van der Waals surface area contributed by atoms with Gasteiger partial charge in [0.05, 0.1) is 33.4 Å².